The average molecular weight is 595 g/mol. The zero-order valence-corrected chi connectivity index (χ0v) is 24.8. The van der Waals surface area contributed by atoms with E-state index in [1.807, 2.05) is 36.1 Å². The molecule has 2 fully saturated rings. The van der Waals surface area contributed by atoms with Crippen molar-refractivity contribution in [2.45, 2.75) is 38.8 Å². The fraction of sp³-hybridized carbons (Fsp3) is 0.441. The maximum absolute atomic E-state index is 14.5. The van der Waals surface area contributed by atoms with Crippen LogP contribution in [0.3, 0.4) is 0 Å². The van der Waals surface area contributed by atoms with Crippen molar-refractivity contribution in [1.82, 2.24) is 14.7 Å². The Morgan fingerprint density at radius 2 is 1.60 bits per heavy atom. The minimum absolute atomic E-state index is 0.00440. The third kappa shape index (κ3) is 7.77. The van der Waals surface area contributed by atoms with Gasteiger partial charge in [0.2, 0.25) is 5.91 Å². The highest BCUT2D eigenvalue weighted by atomic mass is 19.1. The van der Waals surface area contributed by atoms with E-state index >= 15 is 0 Å². The number of benzene rings is 3. The molecule has 1 amide bonds. The van der Waals surface area contributed by atoms with Gasteiger partial charge in [-0.15, -0.1) is 0 Å². The van der Waals surface area contributed by atoms with E-state index in [2.05, 4.69) is 9.80 Å². The van der Waals surface area contributed by atoms with E-state index in [4.69, 9.17) is 10.5 Å². The lowest BCUT2D eigenvalue weighted by Gasteiger charge is -2.39. The Balaban J connectivity index is 1.08. The third-order valence-corrected chi connectivity index (χ3v) is 8.75. The summed E-state index contributed by atoms with van der Waals surface area (Å²) < 4.78 is 47.8. The Hall–Kier alpha value is -3.40. The van der Waals surface area contributed by atoms with Crippen LogP contribution >= 0.6 is 0 Å². The number of carbonyl (C=O) groups excluding carboxylic acids is 1. The minimum atomic E-state index is -0.585. The summed E-state index contributed by atoms with van der Waals surface area (Å²) >= 11 is 0. The molecule has 230 valence electrons. The van der Waals surface area contributed by atoms with Gasteiger partial charge in [0.05, 0.1) is 12.6 Å². The van der Waals surface area contributed by atoms with E-state index in [-0.39, 0.29) is 17.6 Å². The zero-order chi connectivity index (χ0) is 30.3. The lowest BCUT2D eigenvalue weighted by Crippen LogP contribution is -2.55. The molecule has 3 aromatic rings. The fourth-order valence-electron chi connectivity index (χ4n) is 6.29. The van der Waals surface area contributed by atoms with Crippen molar-refractivity contribution >= 4 is 5.91 Å². The Morgan fingerprint density at radius 1 is 0.907 bits per heavy atom. The minimum Gasteiger partial charge on any atom is -0.493 e. The first-order valence-corrected chi connectivity index (χ1v) is 15.3. The third-order valence-electron chi connectivity index (χ3n) is 8.75. The lowest BCUT2D eigenvalue weighted by molar-refractivity contribution is -0.136. The van der Waals surface area contributed by atoms with Crippen molar-refractivity contribution < 1.29 is 22.7 Å². The van der Waals surface area contributed by atoms with Gasteiger partial charge in [0, 0.05) is 50.9 Å². The van der Waals surface area contributed by atoms with Gasteiger partial charge in [0.25, 0.3) is 0 Å². The fourth-order valence-corrected chi connectivity index (χ4v) is 6.29. The highest BCUT2D eigenvalue weighted by Crippen LogP contribution is 2.28. The van der Waals surface area contributed by atoms with E-state index in [0.717, 1.165) is 56.1 Å². The Morgan fingerprint density at radius 3 is 2.30 bits per heavy atom. The van der Waals surface area contributed by atoms with Gasteiger partial charge in [0.1, 0.15) is 23.2 Å². The quantitative estimate of drug-likeness (QED) is 0.354. The molecule has 2 saturated heterocycles. The van der Waals surface area contributed by atoms with Crippen LogP contribution in [-0.2, 0) is 17.8 Å². The Kier molecular flexibility index (Phi) is 10.4. The van der Waals surface area contributed by atoms with Gasteiger partial charge in [-0.1, -0.05) is 30.3 Å². The summed E-state index contributed by atoms with van der Waals surface area (Å²) in [5, 5.41) is 0. The van der Waals surface area contributed by atoms with Gasteiger partial charge in [-0.2, -0.15) is 0 Å². The SMILES string of the molecule is CCOc1cccc(F)c1CN1CCN(C(=O)[C@H](N)C2CCN(CCc3ccccc3-c3cc(F)cc(F)c3)CC2)CC1. The summed E-state index contributed by atoms with van der Waals surface area (Å²) in [5.41, 5.74) is 9.50. The number of nitrogens with two attached hydrogens (primary N) is 1. The van der Waals surface area contributed by atoms with E-state index in [0.29, 0.717) is 56.2 Å². The molecule has 0 spiro atoms. The second-order valence-electron chi connectivity index (χ2n) is 11.5. The molecule has 9 heteroatoms. The first-order chi connectivity index (χ1) is 20.8. The van der Waals surface area contributed by atoms with Gasteiger partial charge in [-0.05, 0) is 86.1 Å². The van der Waals surface area contributed by atoms with Crippen molar-refractivity contribution in [3.63, 3.8) is 0 Å². The highest BCUT2D eigenvalue weighted by molar-refractivity contribution is 5.82. The molecule has 3 aromatic carbocycles. The van der Waals surface area contributed by atoms with Gasteiger partial charge in [-0.3, -0.25) is 9.69 Å². The van der Waals surface area contributed by atoms with Crippen molar-refractivity contribution in [3.05, 3.63) is 89.2 Å². The maximum atomic E-state index is 14.5. The number of nitrogens with zero attached hydrogens (tertiary/aromatic N) is 3. The summed E-state index contributed by atoms with van der Waals surface area (Å²) in [4.78, 5) is 19.7. The topological polar surface area (TPSA) is 62.0 Å². The number of hydrogen-bond acceptors (Lipinski definition) is 5. The number of amides is 1. The summed E-state index contributed by atoms with van der Waals surface area (Å²) in [5.74, 6) is -0.757. The summed E-state index contributed by atoms with van der Waals surface area (Å²) in [7, 11) is 0. The number of likely N-dealkylation sites (tertiary alicyclic amines) is 1. The number of hydrogen-bond donors (Lipinski definition) is 1. The molecule has 2 aliphatic rings. The van der Waals surface area contributed by atoms with Gasteiger partial charge >= 0.3 is 0 Å². The molecule has 0 radical (unpaired) electrons. The molecule has 5 rings (SSSR count). The van der Waals surface area contributed by atoms with Crippen LogP contribution in [0.5, 0.6) is 5.75 Å². The van der Waals surface area contributed by atoms with Crippen molar-refractivity contribution in [1.29, 1.82) is 0 Å². The molecule has 1 atom stereocenters. The van der Waals surface area contributed by atoms with E-state index < -0.39 is 17.7 Å². The number of piperazine rings is 1. The summed E-state index contributed by atoms with van der Waals surface area (Å²) in [6.07, 6.45) is 2.45. The first kappa shape index (κ1) is 31.0. The predicted octanol–water partition coefficient (Wildman–Crippen LogP) is 5.10. The van der Waals surface area contributed by atoms with Crippen LogP contribution in [0.15, 0.2) is 60.7 Å². The molecular formula is C34H41F3N4O2. The van der Waals surface area contributed by atoms with Crippen LogP contribution in [-0.4, -0.2) is 79.1 Å². The molecule has 2 N–H and O–H groups in total. The zero-order valence-electron chi connectivity index (χ0n) is 24.8. The van der Waals surface area contributed by atoms with Crippen LogP contribution in [0.2, 0.25) is 0 Å². The van der Waals surface area contributed by atoms with Crippen LogP contribution in [0.25, 0.3) is 11.1 Å². The van der Waals surface area contributed by atoms with Crippen molar-refractivity contribution in [2.24, 2.45) is 11.7 Å². The highest BCUT2D eigenvalue weighted by Gasteiger charge is 2.33. The van der Waals surface area contributed by atoms with Crippen LogP contribution in [0, 0.1) is 23.4 Å². The molecule has 6 nitrogen and oxygen atoms in total. The van der Waals surface area contributed by atoms with Crippen LogP contribution in [0.1, 0.15) is 30.9 Å². The standard InChI is InChI=1S/C34H41F3N4O2/c1-2-43-32-9-5-8-31(37)30(32)23-40-16-18-41(19-17-40)34(42)33(38)25-11-14-39(15-12-25)13-10-24-6-3-4-7-29(24)26-20-27(35)22-28(36)21-26/h3-9,20-22,25,33H,2,10-19,23,38H2,1H3/t33-/m1/s1. The molecule has 0 bridgehead atoms. The first-order valence-electron chi connectivity index (χ1n) is 15.3. The molecule has 0 unspecified atom stereocenters. The molecule has 0 aromatic heterocycles. The monoisotopic (exact) mass is 594 g/mol. The Labute approximate surface area is 252 Å². The van der Waals surface area contributed by atoms with E-state index in [9.17, 15) is 18.0 Å². The van der Waals surface area contributed by atoms with E-state index in [1.54, 1.807) is 12.1 Å². The van der Waals surface area contributed by atoms with Crippen molar-refractivity contribution in [2.75, 3.05) is 52.4 Å². The number of ether oxygens (including phenoxy) is 1. The molecule has 0 saturated carbocycles. The van der Waals surface area contributed by atoms with E-state index in [1.165, 1.54) is 18.2 Å². The second kappa shape index (κ2) is 14.4. The van der Waals surface area contributed by atoms with Crippen LogP contribution in [0.4, 0.5) is 13.2 Å². The molecule has 2 aliphatic heterocycles. The van der Waals surface area contributed by atoms with Crippen LogP contribution < -0.4 is 10.5 Å². The van der Waals surface area contributed by atoms with Gasteiger partial charge in [0.15, 0.2) is 0 Å². The number of piperidine rings is 1. The number of carbonyl (C=O) groups is 1. The molecular weight excluding hydrogens is 553 g/mol. The molecule has 0 aliphatic carbocycles. The molecule has 43 heavy (non-hydrogen) atoms. The largest absolute Gasteiger partial charge is 0.493 e. The normalized spacial score (nSPS) is 17.7. The maximum Gasteiger partial charge on any atom is 0.239 e. The summed E-state index contributed by atoms with van der Waals surface area (Å²) in [6, 6.07) is 15.7. The molecule has 2 heterocycles. The average Bonchev–Trinajstić information content (AvgIpc) is 3.01. The van der Waals surface area contributed by atoms with Crippen molar-refractivity contribution in [3.8, 4) is 16.9 Å². The van der Waals surface area contributed by atoms with Gasteiger partial charge in [-0.25, -0.2) is 13.2 Å². The Bertz CT molecular complexity index is 1370. The predicted molar refractivity (Wildman–Crippen MR) is 162 cm³/mol. The number of halogens is 3. The lowest BCUT2D eigenvalue weighted by atomic mass is 9.88. The summed E-state index contributed by atoms with van der Waals surface area (Å²) in [6.45, 7) is 7.76. The smallest absolute Gasteiger partial charge is 0.239 e. The second-order valence-corrected chi connectivity index (χ2v) is 11.5. The number of rotatable bonds is 10. The van der Waals surface area contributed by atoms with Gasteiger partial charge < -0.3 is 20.3 Å².